The Kier molecular flexibility index (Phi) is 4.33. The Labute approximate surface area is 118 Å². The van der Waals surface area contributed by atoms with E-state index in [1.807, 2.05) is 30.5 Å². The van der Waals surface area contributed by atoms with E-state index in [1.54, 1.807) is 6.20 Å². The van der Waals surface area contributed by atoms with E-state index in [0.29, 0.717) is 0 Å². The van der Waals surface area contributed by atoms with E-state index >= 15 is 0 Å². The summed E-state index contributed by atoms with van der Waals surface area (Å²) in [5.41, 5.74) is 1.88. The number of aromatic nitrogens is 1. The molecule has 4 nitrogen and oxygen atoms in total. The van der Waals surface area contributed by atoms with Crippen LogP contribution in [0.5, 0.6) is 0 Å². The Morgan fingerprint density at radius 3 is 3.00 bits per heavy atom. The zero-order chi connectivity index (χ0) is 13.0. The number of hydrogen-bond donors (Lipinski definition) is 2. The fourth-order valence-electron chi connectivity index (χ4n) is 1.39. The molecular weight excluding hydrogens is 314 g/mol. The smallest absolute Gasteiger partial charge is 0.243 e. The third kappa shape index (κ3) is 3.54. The number of aryl methyl sites for hydroxylation is 1. The zero-order valence-electron chi connectivity index (χ0n) is 9.74. The minimum absolute atomic E-state index is 0.0908. The number of rotatable bonds is 4. The Morgan fingerprint density at radius 1 is 1.50 bits per heavy atom. The summed E-state index contributed by atoms with van der Waals surface area (Å²) in [6, 6.07) is 5.70. The second-order valence-electron chi connectivity index (χ2n) is 3.70. The van der Waals surface area contributed by atoms with Gasteiger partial charge in [0, 0.05) is 21.7 Å². The average molecular weight is 326 g/mol. The number of thiazole rings is 1. The van der Waals surface area contributed by atoms with E-state index < -0.39 is 0 Å². The van der Waals surface area contributed by atoms with Crippen molar-refractivity contribution in [1.82, 2.24) is 4.98 Å². The van der Waals surface area contributed by atoms with Crippen molar-refractivity contribution in [2.24, 2.45) is 0 Å². The molecule has 1 aromatic heterocycles. The second-order valence-corrected chi connectivity index (χ2v) is 5.45. The van der Waals surface area contributed by atoms with Crippen LogP contribution in [0.1, 0.15) is 5.56 Å². The lowest BCUT2D eigenvalue weighted by Crippen LogP contribution is -2.21. The minimum Gasteiger partial charge on any atom is -0.352 e. The van der Waals surface area contributed by atoms with E-state index in [-0.39, 0.29) is 12.5 Å². The Morgan fingerprint density at radius 2 is 2.33 bits per heavy atom. The number of nitrogens with zero attached hydrogens (tertiary/aromatic N) is 1. The van der Waals surface area contributed by atoms with Crippen LogP contribution in [0.3, 0.4) is 0 Å². The molecule has 0 saturated heterocycles. The van der Waals surface area contributed by atoms with Crippen LogP contribution < -0.4 is 10.6 Å². The first-order valence-electron chi connectivity index (χ1n) is 5.34. The van der Waals surface area contributed by atoms with Crippen LogP contribution in [-0.4, -0.2) is 17.4 Å². The normalized spacial score (nSPS) is 10.1. The summed E-state index contributed by atoms with van der Waals surface area (Å²) in [6.07, 6.45) is 1.70. The van der Waals surface area contributed by atoms with Gasteiger partial charge in [0.15, 0.2) is 5.13 Å². The number of benzene rings is 1. The molecule has 94 valence electrons. The van der Waals surface area contributed by atoms with Gasteiger partial charge in [0.1, 0.15) is 0 Å². The van der Waals surface area contributed by atoms with Crippen molar-refractivity contribution in [3.63, 3.8) is 0 Å². The van der Waals surface area contributed by atoms with E-state index in [1.165, 1.54) is 11.3 Å². The summed E-state index contributed by atoms with van der Waals surface area (Å²) in [7, 11) is 0. The highest BCUT2D eigenvalue weighted by molar-refractivity contribution is 9.10. The van der Waals surface area contributed by atoms with Gasteiger partial charge in [-0.15, -0.1) is 11.3 Å². The maximum Gasteiger partial charge on any atom is 0.243 e. The van der Waals surface area contributed by atoms with E-state index in [9.17, 15) is 4.79 Å². The molecule has 2 N–H and O–H groups in total. The lowest BCUT2D eigenvalue weighted by Gasteiger charge is -2.07. The largest absolute Gasteiger partial charge is 0.352 e. The monoisotopic (exact) mass is 325 g/mol. The van der Waals surface area contributed by atoms with E-state index in [4.69, 9.17) is 0 Å². The number of carbonyl (C=O) groups excluding carboxylic acids is 1. The molecule has 0 bridgehead atoms. The van der Waals surface area contributed by atoms with Crippen molar-refractivity contribution in [1.29, 1.82) is 0 Å². The van der Waals surface area contributed by atoms with Crippen molar-refractivity contribution in [2.75, 3.05) is 17.2 Å². The van der Waals surface area contributed by atoms with Crippen LogP contribution in [0.4, 0.5) is 10.8 Å². The van der Waals surface area contributed by atoms with Gasteiger partial charge in [0.2, 0.25) is 5.91 Å². The van der Waals surface area contributed by atoms with Crippen LogP contribution in [0.2, 0.25) is 0 Å². The molecule has 0 unspecified atom stereocenters. The van der Waals surface area contributed by atoms with Crippen LogP contribution in [0, 0.1) is 6.92 Å². The molecule has 0 aliphatic carbocycles. The fourth-order valence-corrected chi connectivity index (χ4v) is 2.17. The second kappa shape index (κ2) is 5.97. The molecule has 1 heterocycles. The van der Waals surface area contributed by atoms with Gasteiger partial charge in [-0.3, -0.25) is 4.79 Å². The van der Waals surface area contributed by atoms with Gasteiger partial charge in [0.05, 0.1) is 6.54 Å². The van der Waals surface area contributed by atoms with Gasteiger partial charge < -0.3 is 10.6 Å². The van der Waals surface area contributed by atoms with Crippen molar-refractivity contribution in [2.45, 2.75) is 6.92 Å². The predicted octanol–water partition coefficient (Wildman–Crippen LogP) is 3.26. The van der Waals surface area contributed by atoms with Gasteiger partial charge in [0.25, 0.3) is 0 Å². The topological polar surface area (TPSA) is 54.0 Å². The molecule has 0 spiro atoms. The lowest BCUT2D eigenvalue weighted by molar-refractivity contribution is -0.114. The van der Waals surface area contributed by atoms with Crippen molar-refractivity contribution < 1.29 is 4.79 Å². The van der Waals surface area contributed by atoms with Gasteiger partial charge >= 0.3 is 0 Å². The van der Waals surface area contributed by atoms with Crippen molar-refractivity contribution in [3.8, 4) is 0 Å². The Balaban J connectivity index is 1.88. The molecule has 0 radical (unpaired) electrons. The number of anilines is 2. The molecule has 0 aliphatic heterocycles. The highest BCUT2D eigenvalue weighted by Gasteiger charge is 2.04. The summed E-state index contributed by atoms with van der Waals surface area (Å²) < 4.78 is 1.03. The van der Waals surface area contributed by atoms with Crippen LogP contribution in [0.15, 0.2) is 34.2 Å². The molecule has 0 aliphatic rings. The van der Waals surface area contributed by atoms with E-state index in [2.05, 4.69) is 31.5 Å². The standard InChI is InChI=1S/C12H12BrN3OS/c1-8-6-9(2-3-10(8)13)16-11(17)7-15-12-14-4-5-18-12/h2-6H,7H2,1H3,(H,14,15)(H,16,17). The molecule has 2 aromatic rings. The number of carbonyl (C=O) groups is 1. The van der Waals surface area contributed by atoms with Gasteiger partial charge in [-0.1, -0.05) is 15.9 Å². The first-order valence-corrected chi connectivity index (χ1v) is 7.02. The third-order valence-corrected chi connectivity index (χ3v) is 3.89. The Hall–Kier alpha value is -1.40. The van der Waals surface area contributed by atoms with Gasteiger partial charge in [-0.2, -0.15) is 0 Å². The highest BCUT2D eigenvalue weighted by atomic mass is 79.9. The lowest BCUT2D eigenvalue weighted by atomic mass is 10.2. The maximum absolute atomic E-state index is 11.7. The first kappa shape index (κ1) is 13.0. The molecule has 6 heteroatoms. The SMILES string of the molecule is Cc1cc(NC(=O)CNc2nccs2)ccc1Br. The molecule has 2 rings (SSSR count). The predicted molar refractivity (Wildman–Crippen MR) is 78.1 cm³/mol. The van der Waals surface area contributed by atoms with Gasteiger partial charge in [-0.25, -0.2) is 4.98 Å². The number of amides is 1. The number of nitrogens with one attached hydrogen (secondary N) is 2. The third-order valence-electron chi connectivity index (χ3n) is 2.27. The summed E-state index contributed by atoms with van der Waals surface area (Å²) in [6.45, 7) is 2.19. The van der Waals surface area contributed by atoms with Gasteiger partial charge in [-0.05, 0) is 30.7 Å². The molecule has 1 amide bonds. The minimum atomic E-state index is -0.0908. The summed E-state index contributed by atoms with van der Waals surface area (Å²) >= 11 is 4.89. The number of hydrogen-bond acceptors (Lipinski definition) is 4. The summed E-state index contributed by atoms with van der Waals surface area (Å²) in [4.78, 5) is 15.7. The van der Waals surface area contributed by atoms with Crippen LogP contribution in [-0.2, 0) is 4.79 Å². The summed E-state index contributed by atoms with van der Waals surface area (Å²) in [5, 5.41) is 8.39. The Bertz CT molecular complexity index is 542. The van der Waals surface area contributed by atoms with Crippen molar-refractivity contribution in [3.05, 3.63) is 39.8 Å². The quantitative estimate of drug-likeness (QED) is 0.907. The van der Waals surface area contributed by atoms with E-state index in [0.717, 1.165) is 20.9 Å². The molecule has 0 fully saturated rings. The van der Waals surface area contributed by atoms with Crippen molar-refractivity contribution >= 4 is 44.0 Å². The van der Waals surface area contributed by atoms with Crippen LogP contribution >= 0.6 is 27.3 Å². The fraction of sp³-hybridized carbons (Fsp3) is 0.167. The average Bonchev–Trinajstić information content (AvgIpc) is 2.84. The molecule has 1 aromatic carbocycles. The van der Waals surface area contributed by atoms with Crippen LogP contribution in [0.25, 0.3) is 0 Å². The zero-order valence-corrected chi connectivity index (χ0v) is 12.1. The first-order chi connectivity index (χ1) is 8.65. The molecule has 0 atom stereocenters. The summed E-state index contributed by atoms with van der Waals surface area (Å²) in [5.74, 6) is -0.0908. The molecule has 18 heavy (non-hydrogen) atoms. The highest BCUT2D eigenvalue weighted by Crippen LogP contribution is 2.19. The molecule has 0 saturated carbocycles. The number of halogens is 1. The molecular formula is C12H12BrN3OS. The maximum atomic E-state index is 11.7.